The third-order valence-electron chi connectivity index (χ3n) is 5.96. The zero-order chi connectivity index (χ0) is 22.8. The number of ether oxygens (including phenoxy) is 1. The van der Waals surface area contributed by atoms with Crippen molar-refractivity contribution in [3.05, 3.63) is 46.1 Å². The highest BCUT2D eigenvalue weighted by molar-refractivity contribution is 7.17. The van der Waals surface area contributed by atoms with Crippen LogP contribution in [0.15, 0.2) is 24.4 Å². The number of thiophene rings is 1. The summed E-state index contributed by atoms with van der Waals surface area (Å²) >= 11 is 1.47. The van der Waals surface area contributed by atoms with Gasteiger partial charge in [0.15, 0.2) is 0 Å². The number of likely N-dealkylation sites (tertiary alicyclic amines) is 1. The number of carbonyl (C=O) groups is 3. The van der Waals surface area contributed by atoms with Crippen LogP contribution in [0.1, 0.15) is 60.1 Å². The number of amides is 2. The second kappa shape index (κ2) is 9.40. The largest absolute Gasteiger partial charge is 0.459 e. The number of esters is 1. The van der Waals surface area contributed by atoms with Gasteiger partial charge in [0, 0.05) is 24.0 Å². The molecule has 1 saturated heterocycles. The van der Waals surface area contributed by atoms with Gasteiger partial charge in [-0.1, -0.05) is 13.0 Å². The van der Waals surface area contributed by atoms with Gasteiger partial charge in [-0.05, 0) is 56.7 Å². The number of fused-ring (bicyclic) bond motifs is 1. The molecule has 0 aromatic carbocycles. The van der Waals surface area contributed by atoms with Crippen LogP contribution in [0.25, 0.3) is 0 Å². The molecule has 2 aromatic heterocycles. The molecule has 1 aliphatic carbocycles. The maximum atomic E-state index is 13.1. The summed E-state index contributed by atoms with van der Waals surface area (Å²) in [4.78, 5) is 45.5. The molecule has 2 amide bonds. The first kappa shape index (κ1) is 22.5. The van der Waals surface area contributed by atoms with E-state index in [2.05, 4.69) is 17.2 Å². The number of hydrogen-bond donors (Lipinski definition) is 1. The number of rotatable bonds is 6. The molecule has 32 heavy (non-hydrogen) atoms. The van der Waals surface area contributed by atoms with Gasteiger partial charge < -0.3 is 15.0 Å². The van der Waals surface area contributed by atoms with E-state index in [4.69, 9.17) is 4.74 Å². The number of pyridine rings is 1. The Labute approximate surface area is 192 Å². The number of nitrogens with one attached hydrogen (secondary N) is 1. The second-order valence-corrected chi connectivity index (χ2v) is 10.1. The number of anilines is 1. The van der Waals surface area contributed by atoms with E-state index in [9.17, 15) is 14.4 Å². The zero-order valence-corrected chi connectivity index (χ0v) is 19.5. The first-order valence-corrected chi connectivity index (χ1v) is 12.0. The first-order valence-electron chi connectivity index (χ1n) is 11.2. The standard InChI is InChI=1S/C24H29N3O4S/c1-14(2)31-24(30)21-18-8-7-15(3)10-19(18)32-23(21)26-22(29)16-11-20(28)27(12-16)13-17-6-4-5-9-25-17/h4-6,9,14-16H,7-8,10-13H2,1-3H3,(H,26,29). The summed E-state index contributed by atoms with van der Waals surface area (Å²) in [6.45, 7) is 6.57. The molecule has 2 aromatic rings. The maximum absolute atomic E-state index is 13.1. The van der Waals surface area contributed by atoms with Gasteiger partial charge in [-0.25, -0.2) is 4.79 Å². The van der Waals surface area contributed by atoms with Crippen LogP contribution in [0, 0.1) is 11.8 Å². The number of nitrogens with zero attached hydrogens (tertiary/aromatic N) is 2. The number of hydrogen-bond acceptors (Lipinski definition) is 6. The van der Waals surface area contributed by atoms with Crippen molar-refractivity contribution in [1.29, 1.82) is 0 Å². The Balaban J connectivity index is 1.50. The lowest BCUT2D eigenvalue weighted by atomic mass is 9.88. The third kappa shape index (κ3) is 4.85. The van der Waals surface area contributed by atoms with E-state index in [1.807, 2.05) is 32.0 Å². The zero-order valence-electron chi connectivity index (χ0n) is 18.7. The molecule has 4 rings (SSSR count). The summed E-state index contributed by atoms with van der Waals surface area (Å²) in [6.07, 6.45) is 4.34. The predicted octanol–water partition coefficient (Wildman–Crippen LogP) is 3.82. The van der Waals surface area contributed by atoms with Crippen LogP contribution in [0.3, 0.4) is 0 Å². The SMILES string of the molecule is CC1CCc2c(sc(NC(=O)C3CC(=O)N(Cc4ccccn4)C3)c2C(=O)OC(C)C)C1. The van der Waals surface area contributed by atoms with E-state index in [1.54, 1.807) is 11.1 Å². The number of carbonyl (C=O) groups excluding carboxylic acids is 3. The van der Waals surface area contributed by atoms with Gasteiger partial charge in [0.1, 0.15) is 5.00 Å². The Bertz CT molecular complexity index is 1020. The van der Waals surface area contributed by atoms with Gasteiger partial charge in [0.25, 0.3) is 0 Å². The lowest BCUT2D eigenvalue weighted by Gasteiger charge is -2.19. The summed E-state index contributed by atoms with van der Waals surface area (Å²) in [7, 11) is 0. The summed E-state index contributed by atoms with van der Waals surface area (Å²) in [5.41, 5.74) is 2.29. The Morgan fingerprint density at radius 2 is 2.12 bits per heavy atom. The van der Waals surface area contributed by atoms with Gasteiger partial charge in [-0.2, -0.15) is 0 Å². The Morgan fingerprint density at radius 3 is 2.84 bits per heavy atom. The van der Waals surface area contributed by atoms with E-state index in [-0.39, 0.29) is 30.3 Å². The van der Waals surface area contributed by atoms with Gasteiger partial charge in [0.2, 0.25) is 11.8 Å². The van der Waals surface area contributed by atoms with E-state index < -0.39 is 5.92 Å². The van der Waals surface area contributed by atoms with Crippen LogP contribution in [0.2, 0.25) is 0 Å². The molecule has 170 valence electrons. The van der Waals surface area contributed by atoms with Gasteiger partial charge in [-0.3, -0.25) is 14.6 Å². The smallest absolute Gasteiger partial charge is 0.341 e. The molecule has 1 aliphatic heterocycles. The molecular formula is C24H29N3O4S. The fourth-order valence-corrected chi connectivity index (χ4v) is 5.73. The molecule has 0 bridgehead atoms. The van der Waals surface area contributed by atoms with Crippen molar-refractivity contribution < 1.29 is 19.1 Å². The van der Waals surface area contributed by atoms with Crippen molar-refractivity contribution in [1.82, 2.24) is 9.88 Å². The monoisotopic (exact) mass is 455 g/mol. The van der Waals surface area contributed by atoms with Crippen LogP contribution < -0.4 is 5.32 Å². The van der Waals surface area contributed by atoms with E-state index >= 15 is 0 Å². The van der Waals surface area contributed by atoms with Crippen LogP contribution in [-0.2, 0) is 33.7 Å². The summed E-state index contributed by atoms with van der Waals surface area (Å²) in [5, 5.41) is 3.52. The molecular weight excluding hydrogens is 426 g/mol. The summed E-state index contributed by atoms with van der Waals surface area (Å²) < 4.78 is 5.48. The lowest BCUT2D eigenvalue weighted by Crippen LogP contribution is -2.28. The molecule has 1 fully saturated rings. The maximum Gasteiger partial charge on any atom is 0.341 e. The molecule has 0 saturated carbocycles. The molecule has 2 unspecified atom stereocenters. The molecule has 0 spiro atoms. The van der Waals surface area contributed by atoms with Gasteiger partial charge in [-0.15, -0.1) is 11.3 Å². The van der Waals surface area contributed by atoms with Crippen molar-refractivity contribution >= 4 is 34.1 Å². The highest BCUT2D eigenvalue weighted by atomic mass is 32.1. The first-order chi connectivity index (χ1) is 15.3. The molecule has 2 aliphatic rings. The van der Waals surface area contributed by atoms with Crippen molar-refractivity contribution in [2.24, 2.45) is 11.8 Å². The quantitative estimate of drug-likeness (QED) is 0.669. The molecule has 3 heterocycles. The molecule has 8 heteroatoms. The highest BCUT2D eigenvalue weighted by Gasteiger charge is 2.36. The Kier molecular flexibility index (Phi) is 6.60. The normalized spacial score (nSPS) is 20.4. The predicted molar refractivity (Wildman–Crippen MR) is 122 cm³/mol. The van der Waals surface area contributed by atoms with E-state index in [0.29, 0.717) is 29.6 Å². The van der Waals surface area contributed by atoms with Crippen molar-refractivity contribution in [2.75, 3.05) is 11.9 Å². The molecule has 7 nitrogen and oxygen atoms in total. The Hall–Kier alpha value is -2.74. The highest BCUT2D eigenvalue weighted by Crippen LogP contribution is 2.40. The topological polar surface area (TPSA) is 88.6 Å². The van der Waals surface area contributed by atoms with Crippen LogP contribution in [-0.4, -0.2) is 40.3 Å². The third-order valence-corrected chi connectivity index (χ3v) is 7.13. The second-order valence-electron chi connectivity index (χ2n) is 9.00. The average Bonchev–Trinajstić information content (AvgIpc) is 3.28. The lowest BCUT2D eigenvalue weighted by molar-refractivity contribution is -0.128. The van der Waals surface area contributed by atoms with Gasteiger partial charge in [0.05, 0.1) is 29.8 Å². The van der Waals surface area contributed by atoms with Crippen molar-refractivity contribution in [3.63, 3.8) is 0 Å². The molecule has 0 radical (unpaired) electrons. The minimum absolute atomic E-state index is 0.0606. The van der Waals surface area contributed by atoms with Crippen LogP contribution in [0.4, 0.5) is 5.00 Å². The molecule has 1 N–H and O–H groups in total. The van der Waals surface area contributed by atoms with Gasteiger partial charge >= 0.3 is 5.97 Å². The van der Waals surface area contributed by atoms with E-state index in [1.165, 1.54) is 11.3 Å². The van der Waals surface area contributed by atoms with Crippen molar-refractivity contribution in [2.45, 2.75) is 59.1 Å². The summed E-state index contributed by atoms with van der Waals surface area (Å²) in [5.74, 6) is -0.590. The molecule has 2 atom stereocenters. The minimum Gasteiger partial charge on any atom is -0.459 e. The average molecular weight is 456 g/mol. The minimum atomic E-state index is -0.460. The summed E-state index contributed by atoms with van der Waals surface area (Å²) in [6, 6.07) is 5.57. The number of aromatic nitrogens is 1. The van der Waals surface area contributed by atoms with Crippen LogP contribution >= 0.6 is 11.3 Å². The fraction of sp³-hybridized carbons (Fsp3) is 0.500. The van der Waals surface area contributed by atoms with Crippen molar-refractivity contribution in [3.8, 4) is 0 Å². The fourth-order valence-electron chi connectivity index (χ4n) is 4.33. The van der Waals surface area contributed by atoms with Crippen LogP contribution in [0.5, 0.6) is 0 Å². The van der Waals surface area contributed by atoms with E-state index in [0.717, 1.165) is 35.4 Å². The Morgan fingerprint density at radius 1 is 1.31 bits per heavy atom.